The van der Waals surface area contributed by atoms with E-state index in [0.717, 1.165) is 6.42 Å². The Morgan fingerprint density at radius 3 is 3.31 bits per heavy atom. The summed E-state index contributed by atoms with van der Waals surface area (Å²) in [6.45, 7) is 3.65. The van der Waals surface area contributed by atoms with Gasteiger partial charge in [0.05, 0.1) is 6.10 Å². The molecule has 1 heterocycles. The third-order valence-corrected chi connectivity index (χ3v) is 3.75. The second kappa shape index (κ2) is 3.64. The Kier molecular flexibility index (Phi) is 2.51. The van der Waals surface area contributed by atoms with E-state index >= 15 is 0 Å². The van der Waals surface area contributed by atoms with Crippen LogP contribution in [-0.2, 0) is 6.42 Å². The van der Waals surface area contributed by atoms with Gasteiger partial charge in [-0.3, -0.25) is 0 Å². The van der Waals surface area contributed by atoms with Gasteiger partial charge in [-0.2, -0.15) is 0 Å². The quantitative estimate of drug-likeness (QED) is 0.718. The molecule has 0 saturated carbocycles. The lowest BCUT2D eigenvalue weighted by molar-refractivity contribution is 0.181. The first-order chi connectivity index (χ1) is 6.33. The van der Waals surface area contributed by atoms with Crippen molar-refractivity contribution in [1.29, 1.82) is 0 Å². The van der Waals surface area contributed by atoms with Gasteiger partial charge in [0, 0.05) is 10.8 Å². The average molecular weight is 194 g/mol. The van der Waals surface area contributed by atoms with Crippen LogP contribution in [0.15, 0.2) is 24.1 Å². The Labute approximate surface area is 82.7 Å². The van der Waals surface area contributed by atoms with Gasteiger partial charge in [-0.1, -0.05) is 6.08 Å². The summed E-state index contributed by atoms with van der Waals surface area (Å²) in [7, 11) is 0. The summed E-state index contributed by atoms with van der Waals surface area (Å²) >= 11 is 1.81. The molecule has 0 saturated heterocycles. The summed E-state index contributed by atoms with van der Waals surface area (Å²) in [5.74, 6) is 0.299. The molecule has 2 unspecified atom stereocenters. The van der Waals surface area contributed by atoms with Crippen LogP contribution in [0.1, 0.15) is 29.2 Å². The van der Waals surface area contributed by atoms with Crippen LogP contribution in [0.4, 0.5) is 0 Å². The van der Waals surface area contributed by atoms with Gasteiger partial charge < -0.3 is 5.11 Å². The molecule has 0 bridgehead atoms. The second-order valence-electron chi connectivity index (χ2n) is 3.52. The molecule has 1 aromatic rings. The van der Waals surface area contributed by atoms with Crippen molar-refractivity contribution in [2.24, 2.45) is 0 Å². The maximum Gasteiger partial charge on any atom is 0.0787 e. The minimum Gasteiger partial charge on any atom is -0.388 e. The lowest BCUT2D eigenvalue weighted by Crippen LogP contribution is -2.19. The van der Waals surface area contributed by atoms with Gasteiger partial charge in [0.25, 0.3) is 0 Å². The first-order valence-electron chi connectivity index (χ1n) is 4.70. The largest absolute Gasteiger partial charge is 0.388 e. The highest BCUT2D eigenvalue weighted by molar-refractivity contribution is 7.10. The molecule has 0 fully saturated rings. The topological polar surface area (TPSA) is 20.2 Å². The summed E-state index contributed by atoms with van der Waals surface area (Å²) in [5, 5.41) is 11.9. The molecular weight excluding hydrogens is 180 g/mol. The number of thiophene rings is 1. The first-order valence-corrected chi connectivity index (χ1v) is 5.58. The van der Waals surface area contributed by atoms with E-state index in [0.29, 0.717) is 5.92 Å². The second-order valence-corrected chi connectivity index (χ2v) is 4.52. The standard InChI is InChI=1S/C11H14OS/c1-2-10(12)8-4-3-5-11-9(8)6-7-13-11/h2,6-8,10,12H,1,3-5H2. The van der Waals surface area contributed by atoms with Crippen LogP contribution >= 0.6 is 11.3 Å². The van der Waals surface area contributed by atoms with E-state index in [-0.39, 0.29) is 6.10 Å². The maximum atomic E-state index is 9.73. The zero-order chi connectivity index (χ0) is 9.26. The van der Waals surface area contributed by atoms with Crippen molar-refractivity contribution < 1.29 is 5.11 Å². The van der Waals surface area contributed by atoms with Crippen molar-refractivity contribution in [2.75, 3.05) is 0 Å². The Bertz CT molecular complexity index is 303. The number of hydrogen-bond acceptors (Lipinski definition) is 2. The fraction of sp³-hybridized carbons (Fsp3) is 0.455. The molecule has 1 aromatic heterocycles. The maximum absolute atomic E-state index is 9.73. The van der Waals surface area contributed by atoms with E-state index in [9.17, 15) is 5.11 Å². The Morgan fingerprint density at radius 1 is 1.69 bits per heavy atom. The highest BCUT2D eigenvalue weighted by atomic mass is 32.1. The van der Waals surface area contributed by atoms with Crippen LogP contribution in [0.3, 0.4) is 0 Å². The number of aryl methyl sites for hydroxylation is 1. The van der Waals surface area contributed by atoms with Crippen LogP contribution < -0.4 is 0 Å². The Morgan fingerprint density at radius 2 is 2.54 bits per heavy atom. The van der Waals surface area contributed by atoms with E-state index in [4.69, 9.17) is 0 Å². The third kappa shape index (κ3) is 1.56. The van der Waals surface area contributed by atoms with Gasteiger partial charge in [0.1, 0.15) is 0 Å². The molecule has 0 spiro atoms. The van der Waals surface area contributed by atoms with Crippen LogP contribution in [0, 0.1) is 0 Å². The van der Waals surface area contributed by atoms with Gasteiger partial charge >= 0.3 is 0 Å². The molecule has 13 heavy (non-hydrogen) atoms. The molecule has 1 nitrogen and oxygen atoms in total. The molecule has 0 aromatic carbocycles. The van der Waals surface area contributed by atoms with Crippen molar-refractivity contribution in [3.63, 3.8) is 0 Å². The predicted molar refractivity (Wildman–Crippen MR) is 56.2 cm³/mol. The Hall–Kier alpha value is -0.600. The minimum atomic E-state index is -0.367. The van der Waals surface area contributed by atoms with Crippen LogP contribution in [-0.4, -0.2) is 11.2 Å². The minimum absolute atomic E-state index is 0.299. The number of aliphatic hydroxyl groups is 1. The summed E-state index contributed by atoms with van der Waals surface area (Å²) in [4.78, 5) is 1.46. The van der Waals surface area contributed by atoms with Gasteiger partial charge in [0.2, 0.25) is 0 Å². The fourth-order valence-corrected chi connectivity index (χ4v) is 3.04. The van der Waals surface area contributed by atoms with Crippen molar-refractivity contribution in [2.45, 2.75) is 31.3 Å². The lowest BCUT2D eigenvalue weighted by atomic mass is 9.84. The number of fused-ring (bicyclic) bond motifs is 1. The van der Waals surface area contributed by atoms with Crippen molar-refractivity contribution in [1.82, 2.24) is 0 Å². The molecular formula is C11H14OS. The SMILES string of the molecule is C=CC(O)C1CCCc2sccc21. The van der Waals surface area contributed by atoms with Crippen molar-refractivity contribution >= 4 is 11.3 Å². The molecule has 1 aliphatic carbocycles. The van der Waals surface area contributed by atoms with Gasteiger partial charge in [-0.05, 0) is 36.3 Å². The van der Waals surface area contributed by atoms with E-state index in [1.807, 2.05) is 11.3 Å². The third-order valence-electron chi connectivity index (χ3n) is 2.75. The molecule has 0 aliphatic heterocycles. The summed E-state index contributed by atoms with van der Waals surface area (Å²) in [5.41, 5.74) is 1.35. The van der Waals surface area contributed by atoms with E-state index < -0.39 is 0 Å². The zero-order valence-electron chi connectivity index (χ0n) is 7.57. The van der Waals surface area contributed by atoms with Crippen molar-refractivity contribution in [3.05, 3.63) is 34.5 Å². The number of rotatable bonds is 2. The highest BCUT2D eigenvalue weighted by Crippen LogP contribution is 2.37. The average Bonchev–Trinajstić information content (AvgIpc) is 2.63. The van der Waals surface area contributed by atoms with Gasteiger partial charge in [-0.15, -0.1) is 17.9 Å². The normalized spacial score (nSPS) is 23.6. The van der Waals surface area contributed by atoms with E-state index in [2.05, 4.69) is 18.0 Å². The van der Waals surface area contributed by atoms with Crippen molar-refractivity contribution in [3.8, 4) is 0 Å². The summed E-state index contributed by atoms with van der Waals surface area (Å²) < 4.78 is 0. The number of hydrogen-bond donors (Lipinski definition) is 1. The first kappa shape index (κ1) is 8.97. The van der Waals surface area contributed by atoms with Crippen LogP contribution in [0.2, 0.25) is 0 Å². The van der Waals surface area contributed by atoms with Gasteiger partial charge in [-0.25, -0.2) is 0 Å². The zero-order valence-corrected chi connectivity index (χ0v) is 8.39. The molecule has 70 valence electrons. The van der Waals surface area contributed by atoms with E-state index in [1.165, 1.54) is 23.3 Å². The molecule has 2 rings (SSSR count). The van der Waals surface area contributed by atoms with E-state index in [1.54, 1.807) is 6.08 Å². The Balaban J connectivity index is 2.29. The van der Waals surface area contributed by atoms with Crippen LogP contribution in [0.25, 0.3) is 0 Å². The van der Waals surface area contributed by atoms with Gasteiger partial charge in [0.15, 0.2) is 0 Å². The summed E-state index contributed by atoms with van der Waals surface area (Å²) in [6, 6.07) is 2.15. The molecule has 0 amide bonds. The fourth-order valence-electron chi connectivity index (χ4n) is 2.04. The molecule has 1 aliphatic rings. The van der Waals surface area contributed by atoms with Crippen LogP contribution in [0.5, 0.6) is 0 Å². The monoisotopic (exact) mass is 194 g/mol. The number of aliphatic hydroxyl groups excluding tert-OH is 1. The highest BCUT2D eigenvalue weighted by Gasteiger charge is 2.25. The predicted octanol–water partition coefficient (Wildman–Crippen LogP) is 2.71. The lowest BCUT2D eigenvalue weighted by Gasteiger charge is -2.25. The molecule has 2 heteroatoms. The molecule has 2 atom stereocenters. The molecule has 0 radical (unpaired) electrons. The smallest absolute Gasteiger partial charge is 0.0787 e. The summed E-state index contributed by atoms with van der Waals surface area (Å²) in [6.07, 6.45) is 4.76. The molecule has 1 N–H and O–H groups in total.